The largest absolute Gasteiger partial charge is 0.490 e. The van der Waals surface area contributed by atoms with E-state index in [1.165, 1.54) is 37.6 Å². The van der Waals surface area contributed by atoms with E-state index >= 15 is 0 Å². The summed E-state index contributed by atoms with van der Waals surface area (Å²) < 4.78 is 4.89. The van der Waals surface area contributed by atoms with Crippen molar-refractivity contribution in [3.63, 3.8) is 0 Å². The van der Waals surface area contributed by atoms with Gasteiger partial charge in [0.2, 0.25) is 0 Å². The van der Waals surface area contributed by atoms with Crippen molar-refractivity contribution in [3.05, 3.63) is 62.7 Å². The van der Waals surface area contributed by atoms with E-state index < -0.39 is 16.7 Å². The van der Waals surface area contributed by atoms with E-state index in [0.717, 1.165) is 5.56 Å². The molecule has 0 fully saturated rings. The molecule has 0 saturated heterocycles. The number of rotatable bonds is 5. The molecule has 0 aromatic heterocycles. The number of hydrazone groups is 1. The summed E-state index contributed by atoms with van der Waals surface area (Å²) >= 11 is 5.86. The van der Waals surface area contributed by atoms with Crippen molar-refractivity contribution < 1.29 is 19.2 Å². The number of nitrogens with one attached hydrogen (secondary N) is 2. The number of hydrogen-bond donors (Lipinski definition) is 2. The smallest absolute Gasteiger partial charge is 0.329 e. The number of benzene rings is 2. The van der Waals surface area contributed by atoms with Gasteiger partial charge in [-0.2, -0.15) is 5.10 Å². The highest BCUT2D eigenvalue weighted by Crippen LogP contribution is 2.26. The first-order valence-electron chi connectivity index (χ1n) is 7.54. The van der Waals surface area contributed by atoms with Gasteiger partial charge in [-0.3, -0.25) is 19.7 Å². The molecule has 10 heteroatoms. The number of nitro groups is 1. The minimum Gasteiger partial charge on any atom is -0.490 e. The Morgan fingerprint density at radius 2 is 1.96 bits per heavy atom. The van der Waals surface area contributed by atoms with E-state index in [1.54, 1.807) is 19.1 Å². The van der Waals surface area contributed by atoms with Gasteiger partial charge in [0.05, 0.1) is 18.2 Å². The van der Waals surface area contributed by atoms with Crippen molar-refractivity contribution in [2.24, 2.45) is 5.10 Å². The zero-order valence-electron chi connectivity index (χ0n) is 14.4. The lowest BCUT2D eigenvalue weighted by Gasteiger charge is -2.07. The van der Waals surface area contributed by atoms with Gasteiger partial charge in [0, 0.05) is 22.3 Å². The van der Waals surface area contributed by atoms with Crippen LogP contribution in [0.5, 0.6) is 5.75 Å². The Bertz CT molecular complexity index is 930. The fourth-order valence-corrected chi connectivity index (χ4v) is 2.23. The number of hydrogen-bond acceptors (Lipinski definition) is 6. The fraction of sp³-hybridized carbons (Fsp3) is 0.118. The van der Waals surface area contributed by atoms with Crippen molar-refractivity contribution in [1.29, 1.82) is 0 Å². The first-order valence-corrected chi connectivity index (χ1v) is 7.92. The number of methoxy groups -OCH3 is 1. The molecule has 2 rings (SSSR count). The number of carbonyl (C=O) groups is 2. The molecule has 0 radical (unpaired) electrons. The van der Waals surface area contributed by atoms with Crippen molar-refractivity contribution >= 4 is 41.0 Å². The van der Waals surface area contributed by atoms with Crippen LogP contribution in [0.3, 0.4) is 0 Å². The normalized spacial score (nSPS) is 10.5. The molecular weight excluding hydrogens is 376 g/mol. The van der Waals surface area contributed by atoms with E-state index in [9.17, 15) is 19.7 Å². The standard InChI is InChI=1S/C17H15ClN4O5/c1-10-3-5-12(18)8-13(10)20-16(23)17(24)21-19-9-11-4-6-15(27-2)14(7-11)22(25)26/h3-9H,1-2H3,(H,20,23)(H,21,24)/b19-9-. The molecule has 2 aromatic carbocycles. The number of nitro benzene ring substituents is 1. The summed E-state index contributed by atoms with van der Waals surface area (Å²) in [5.74, 6) is -1.84. The molecule has 0 unspecified atom stereocenters. The Kier molecular flexibility index (Phi) is 6.45. The number of aryl methyl sites for hydroxylation is 1. The zero-order chi connectivity index (χ0) is 20.0. The van der Waals surface area contributed by atoms with Crippen LogP contribution in [0.2, 0.25) is 5.02 Å². The molecule has 0 bridgehead atoms. The molecule has 0 atom stereocenters. The maximum absolute atomic E-state index is 11.9. The van der Waals surface area contributed by atoms with Gasteiger partial charge >= 0.3 is 17.5 Å². The predicted molar refractivity (Wildman–Crippen MR) is 100 cm³/mol. The second kappa shape index (κ2) is 8.77. The topological polar surface area (TPSA) is 123 Å². The van der Waals surface area contributed by atoms with E-state index in [-0.39, 0.29) is 11.4 Å². The highest BCUT2D eigenvalue weighted by atomic mass is 35.5. The van der Waals surface area contributed by atoms with Gasteiger partial charge in [-0.05, 0) is 36.8 Å². The summed E-state index contributed by atoms with van der Waals surface area (Å²) in [7, 11) is 1.32. The van der Waals surface area contributed by atoms with Crippen LogP contribution in [0.1, 0.15) is 11.1 Å². The molecule has 2 aromatic rings. The number of halogens is 1. The summed E-state index contributed by atoms with van der Waals surface area (Å²) in [6.07, 6.45) is 1.17. The van der Waals surface area contributed by atoms with Gasteiger partial charge in [-0.25, -0.2) is 5.43 Å². The minimum atomic E-state index is -1.01. The SMILES string of the molecule is COc1ccc(/C=N\NC(=O)C(=O)Nc2cc(Cl)ccc2C)cc1[N+](=O)[O-]. The molecule has 0 saturated carbocycles. The summed E-state index contributed by atoms with van der Waals surface area (Å²) in [6.45, 7) is 1.75. The van der Waals surface area contributed by atoms with Crippen LogP contribution in [-0.4, -0.2) is 30.1 Å². The Balaban J connectivity index is 2.02. The van der Waals surface area contributed by atoms with Gasteiger partial charge in [0.15, 0.2) is 5.75 Å². The highest BCUT2D eigenvalue weighted by Gasteiger charge is 2.16. The zero-order valence-corrected chi connectivity index (χ0v) is 15.1. The first-order chi connectivity index (χ1) is 12.8. The Hall–Kier alpha value is -3.46. The third-order valence-electron chi connectivity index (χ3n) is 3.43. The molecule has 0 aliphatic rings. The molecule has 2 amide bonds. The number of carbonyl (C=O) groups excluding carboxylic acids is 2. The molecule has 140 valence electrons. The lowest BCUT2D eigenvalue weighted by Crippen LogP contribution is -2.32. The quantitative estimate of drug-likeness (QED) is 0.351. The Labute approximate surface area is 159 Å². The van der Waals surface area contributed by atoms with E-state index in [2.05, 4.69) is 10.4 Å². The summed E-state index contributed by atoms with van der Waals surface area (Å²) in [6, 6.07) is 9.01. The van der Waals surface area contributed by atoms with Gasteiger partial charge in [0.1, 0.15) is 0 Å². The summed E-state index contributed by atoms with van der Waals surface area (Å²) in [5.41, 5.74) is 3.27. The van der Waals surface area contributed by atoms with Crippen LogP contribution < -0.4 is 15.5 Å². The minimum absolute atomic E-state index is 0.0949. The maximum Gasteiger partial charge on any atom is 0.329 e. The number of anilines is 1. The number of ether oxygens (including phenoxy) is 1. The number of amides is 2. The molecule has 0 aliphatic heterocycles. The average Bonchev–Trinajstić information content (AvgIpc) is 2.64. The van der Waals surface area contributed by atoms with Crippen LogP contribution in [-0.2, 0) is 9.59 Å². The van der Waals surface area contributed by atoms with E-state index in [4.69, 9.17) is 16.3 Å². The van der Waals surface area contributed by atoms with Crippen LogP contribution >= 0.6 is 11.6 Å². The monoisotopic (exact) mass is 390 g/mol. The fourth-order valence-electron chi connectivity index (χ4n) is 2.05. The van der Waals surface area contributed by atoms with E-state index in [0.29, 0.717) is 16.3 Å². The third kappa shape index (κ3) is 5.25. The maximum atomic E-state index is 11.9. The van der Waals surface area contributed by atoms with Crippen LogP contribution in [0, 0.1) is 17.0 Å². The van der Waals surface area contributed by atoms with Crippen molar-refractivity contribution in [3.8, 4) is 5.75 Å². The second-order valence-electron chi connectivity index (χ2n) is 5.30. The predicted octanol–water partition coefficient (Wildman–Crippen LogP) is 2.65. The lowest BCUT2D eigenvalue weighted by atomic mass is 10.2. The first kappa shape index (κ1) is 19.9. The van der Waals surface area contributed by atoms with Crippen molar-refractivity contribution in [2.75, 3.05) is 12.4 Å². The van der Waals surface area contributed by atoms with Crippen molar-refractivity contribution in [1.82, 2.24) is 5.43 Å². The van der Waals surface area contributed by atoms with E-state index in [1.807, 2.05) is 5.43 Å². The summed E-state index contributed by atoms with van der Waals surface area (Å²) in [4.78, 5) is 34.1. The molecule has 9 nitrogen and oxygen atoms in total. The van der Waals surface area contributed by atoms with Crippen LogP contribution in [0.15, 0.2) is 41.5 Å². The number of nitrogens with zero attached hydrogens (tertiary/aromatic N) is 2. The molecule has 27 heavy (non-hydrogen) atoms. The molecular formula is C17H15ClN4O5. The molecule has 0 aliphatic carbocycles. The third-order valence-corrected chi connectivity index (χ3v) is 3.67. The van der Waals surface area contributed by atoms with Gasteiger partial charge < -0.3 is 10.1 Å². The average molecular weight is 391 g/mol. The Morgan fingerprint density at radius 1 is 1.22 bits per heavy atom. The second-order valence-corrected chi connectivity index (χ2v) is 5.74. The summed E-state index contributed by atoms with van der Waals surface area (Å²) in [5, 5.41) is 17.4. The highest BCUT2D eigenvalue weighted by molar-refractivity contribution is 6.40. The molecule has 0 spiro atoms. The molecule has 2 N–H and O–H groups in total. The van der Waals surface area contributed by atoms with Gasteiger partial charge in [-0.1, -0.05) is 17.7 Å². The van der Waals surface area contributed by atoms with Gasteiger partial charge in [-0.15, -0.1) is 0 Å². The van der Waals surface area contributed by atoms with Crippen molar-refractivity contribution in [2.45, 2.75) is 6.92 Å². The van der Waals surface area contributed by atoms with Crippen LogP contribution in [0.25, 0.3) is 0 Å². The Morgan fingerprint density at radius 3 is 2.63 bits per heavy atom. The van der Waals surface area contributed by atoms with Gasteiger partial charge in [0.25, 0.3) is 0 Å². The molecule has 0 heterocycles. The van der Waals surface area contributed by atoms with Crippen LogP contribution in [0.4, 0.5) is 11.4 Å². The lowest BCUT2D eigenvalue weighted by molar-refractivity contribution is -0.385.